The zero-order valence-corrected chi connectivity index (χ0v) is 19.6. The number of benzene rings is 3. The van der Waals surface area contributed by atoms with E-state index in [0.717, 1.165) is 66.2 Å². The van der Waals surface area contributed by atoms with Gasteiger partial charge in [-0.1, -0.05) is 42.5 Å². The monoisotopic (exact) mass is 444 g/mol. The number of hydrogen-bond donors (Lipinski definition) is 2. The molecular weight excluding hydrogens is 412 g/mol. The number of piperidine rings is 1. The van der Waals surface area contributed by atoms with Crippen molar-refractivity contribution in [1.29, 1.82) is 0 Å². The molecule has 0 radical (unpaired) electrons. The lowest BCUT2D eigenvalue weighted by atomic mass is 9.94. The normalized spacial score (nSPS) is 14.8. The van der Waals surface area contributed by atoms with Crippen LogP contribution in [0.3, 0.4) is 0 Å². The molecule has 0 bridgehead atoms. The van der Waals surface area contributed by atoms with Crippen LogP contribution < -0.4 is 10.1 Å². The first-order chi connectivity index (χ1) is 15.9. The summed E-state index contributed by atoms with van der Waals surface area (Å²) in [6, 6.07) is 19.9. The number of likely N-dealkylation sites (tertiary alicyclic amines) is 1. The summed E-state index contributed by atoms with van der Waals surface area (Å²) in [7, 11) is 1.66. The number of rotatable bonds is 6. The quantitative estimate of drug-likeness (QED) is 0.524. The molecule has 33 heavy (non-hydrogen) atoms. The number of aromatic hydroxyl groups is 1. The minimum absolute atomic E-state index is 0.00269. The number of carbonyl (C=O) groups excluding carboxylic acids is 1. The number of anilines is 1. The summed E-state index contributed by atoms with van der Waals surface area (Å²) in [5, 5.41) is 13.2. The summed E-state index contributed by atoms with van der Waals surface area (Å²) in [4.78, 5) is 15.5. The molecule has 5 nitrogen and oxygen atoms in total. The van der Waals surface area contributed by atoms with E-state index in [1.807, 2.05) is 62.4 Å². The molecule has 5 heteroatoms. The minimum Gasteiger partial charge on any atom is -0.507 e. The zero-order chi connectivity index (χ0) is 23.4. The van der Waals surface area contributed by atoms with E-state index in [9.17, 15) is 9.90 Å². The standard InChI is InChI=1S/C28H32N2O3/c1-19-15-21(16-20(2)27(19)31)18-30-13-11-22(12-14-30)28(32)29-26-10-5-4-9-25(26)23-7-6-8-24(17-23)33-3/h4-10,15-17,22,31H,11-14,18H2,1-3H3,(H,29,32). The Kier molecular flexibility index (Phi) is 6.99. The van der Waals surface area contributed by atoms with Crippen molar-refractivity contribution in [3.63, 3.8) is 0 Å². The third-order valence-electron chi connectivity index (χ3n) is 6.48. The van der Waals surface area contributed by atoms with Crippen molar-refractivity contribution in [3.05, 3.63) is 77.4 Å². The van der Waals surface area contributed by atoms with Crippen LogP contribution in [0.5, 0.6) is 11.5 Å². The summed E-state index contributed by atoms with van der Waals surface area (Å²) in [5.41, 5.74) is 5.86. The highest BCUT2D eigenvalue weighted by Crippen LogP contribution is 2.31. The summed E-state index contributed by atoms with van der Waals surface area (Å²) >= 11 is 0. The molecular formula is C28H32N2O3. The van der Waals surface area contributed by atoms with E-state index in [0.29, 0.717) is 5.75 Å². The van der Waals surface area contributed by atoms with Crippen molar-refractivity contribution in [3.8, 4) is 22.6 Å². The molecule has 4 rings (SSSR count). The van der Waals surface area contributed by atoms with E-state index in [1.165, 1.54) is 5.56 Å². The second-order valence-electron chi connectivity index (χ2n) is 8.90. The molecule has 2 N–H and O–H groups in total. The zero-order valence-electron chi connectivity index (χ0n) is 19.6. The molecule has 172 valence electrons. The van der Waals surface area contributed by atoms with Crippen molar-refractivity contribution in [1.82, 2.24) is 4.90 Å². The number of ether oxygens (including phenoxy) is 1. The van der Waals surface area contributed by atoms with Gasteiger partial charge in [-0.3, -0.25) is 9.69 Å². The van der Waals surface area contributed by atoms with Gasteiger partial charge < -0.3 is 15.2 Å². The topological polar surface area (TPSA) is 61.8 Å². The van der Waals surface area contributed by atoms with Crippen molar-refractivity contribution in [2.45, 2.75) is 33.2 Å². The van der Waals surface area contributed by atoms with Gasteiger partial charge in [0.25, 0.3) is 0 Å². The highest BCUT2D eigenvalue weighted by atomic mass is 16.5. The average Bonchev–Trinajstić information content (AvgIpc) is 2.83. The van der Waals surface area contributed by atoms with Gasteiger partial charge in [0.1, 0.15) is 11.5 Å². The molecule has 0 aromatic heterocycles. The summed E-state index contributed by atoms with van der Waals surface area (Å²) in [5.74, 6) is 1.26. The van der Waals surface area contributed by atoms with E-state index in [4.69, 9.17) is 4.74 Å². The molecule has 1 saturated heterocycles. The predicted octanol–water partition coefficient (Wildman–Crippen LogP) is 5.54. The largest absolute Gasteiger partial charge is 0.507 e. The van der Waals surface area contributed by atoms with Crippen molar-refractivity contribution < 1.29 is 14.6 Å². The molecule has 1 aliphatic rings. The second kappa shape index (κ2) is 10.1. The van der Waals surface area contributed by atoms with Crippen LogP contribution >= 0.6 is 0 Å². The number of hydrogen-bond acceptors (Lipinski definition) is 4. The van der Waals surface area contributed by atoms with Crippen LogP contribution in [0.2, 0.25) is 0 Å². The fourth-order valence-corrected chi connectivity index (χ4v) is 4.62. The molecule has 0 aliphatic carbocycles. The molecule has 3 aromatic rings. The third-order valence-corrected chi connectivity index (χ3v) is 6.48. The van der Waals surface area contributed by atoms with Crippen LogP contribution in [0.1, 0.15) is 29.5 Å². The molecule has 3 aromatic carbocycles. The second-order valence-corrected chi connectivity index (χ2v) is 8.90. The van der Waals surface area contributed by atoms with Crippen molar-refractivity contribution in [2.24, 2.45) is 5.92 Å². The Labute approximate surface area is 196 Å². The van der Waals surface area contributed by atoms with Crippen LogP contribution in [-0.4, -0.2) is 36.1 Å². The number of nitrogens with one attached hydrogen (secondary N) is 1. The average molecular weight is 445 g/mol. The lowest BCUT2D eigenvalue weighted by Gasteiger charge is -2.31. The highest BCUT2D eigenvalue weighted by molar-refractivity contribution is 5.96. The Hall–Kier alpha value is -3.31. The Bertz CT molecular complexity index is 1110. The van der Waals surface area contributed by atoms with Crippen LogP contribution in [0, 0.1) is 19.8 Å². The number of aryl methyl sites for hydroxylation is 2. The number of nitrogens with zero attached hydrogens (tertiary/aromatic N) is 1. The Morgan fingerprint density at radius 1 is 1.03 bits per heavy atom. The maximum atomic E-state index is 13.1. The van der Waals surface area contributed by atoms with Gasteiger partial charge in [-0.05, 0) is 80.2 Å². The van der Waals surface area contributed by atoms with Crippen LogP contribution in [-0.2, 0) is 11.3 Å². The van der Waals surface area contributed by atoms with Gasteiger partial charge in [-0.2, -0.15) is 0 Å². The SMILES string of the molecule is COc1cccc(-c2ccccc2NC(=O)C2CCN(Cc3cc(C)c(O)c(C)c3)CC2)c1. The Balaban J connectivity index is 1.38. The summed E-state index contributed by atoms with van der Waals surface area (Å²) in [6.45, 7) is 6.48. The van der Waals surface area contributed by atoms with E-state index >= 15 is 0 Å². The lowest BCUT2D eigenvalue weighted by Crippen LogP contribution is -2.37. The van der Waals surface area contributed by atoms with Gasteiger partial charge in [-0.15, -0.1) is 0 Å². The van der Waals surface area contributed by atoms with E-state index in [2.05, 4.69) is 22.3 Å². The van der Waals surface area contributed by atoms with E-state index in [1.54, 1.807) is 7.11 Å². The smallest absolute Gasteiger partial charge is 0.227 e. The number of para-hydroxylation sites is 1. The van der Waals surface area contributed by atoms with Crippen molar-refractivity contribution in [2.75, 3.05) is 25.5 Å². The Morgan fingerprint density at radius 3 is 2.42 bits per heavy atom. The first-order valence-corrected chi connectivity index (χ1v) is 11.5. The van der Waals surface area contributed by atoms with Gasteiger partial charge >= 0.3 is 0 Å². The molecule has 1 heterocycles. The fraction of sp³-hybridized carbons (Fsp3) is 0.321. The van der Waals surface area contributed by atoms with Gasteiger partial charge in [0.05, 0.1) is 7.11 Å². The molecule has 1 fully saturated rings. The van der Waals surface area contributed by atoms with Gasteiger partial charge in [0, 0.05) is 23.7 Å². The first-order valence-electron chi connectivity index (χ1n) is 11.5. The van der Waals surface area contributed by atoms with Crippen LogP contribution in [0.15, 0.2) is 60.7 Å². The van der Waals surface area contributed by atoms with Gasteiger partial charge in [0.15, 0.2) is 0 Å². The molecule has 0 atom stereocenters. The Morgan fingerprint density at radius 2 is 1.73 bits per heavy atom. The summed E-state index contributed by atoms with van der Waals surface area (Å²) in [6.07, 6.45) is 1.67. The number of phenolic OH excluding ortho intramolecular Hbond substituents is 1. The highest BCUT2D eigenvalue weighted by Gasteiger charge is 2.25. The summed E-state index contributed by atoms with van der Waals surface area (Å²) < 4.78 is 5.36. The lowest BCUT2D eigenvalue weighted by molar-refractivity contribution is -0.121. The first kappa shape index (κ1) is 22.9. The van der Waals surface area contributed by atoms with Gasteiger partial charge in [0.2, 0.25) is 5.91 Å². The molecule has 0 unspecified atom stereocenters. The minimum atomic E-state index is 0.00269. The molecule has 1 aliphatic heterocycles. The van der Waals surface area contributed by atoms with E-state index in [-0.39, 0.29) is 11.8 Å². The molecule has 0 spiro atoms. The molecule has 1 amide bonds. The maximum absolute atomic E-state index is 13.1. The number of phenols is 1. The fourth-order valence-electron chi connectivity index (χ4n) is 4.62. The van der Waals surface area contributed by atoms with Crippen molar-refractivity contribution >= 4 is 11.6 Å². The maximum Gasteiger partial charge on any atom is 0.227 e. The number of amides is 1. The molecule has 0 saturated carbocycles. The predicted molar refractivity (Wildman–Crippen MR) is 133 cm³/mol. The third kappa shape index (κ3) is 5.37. The van der Waals surface area contributed by atoms with E-state index < -0.39 is 0 Å². The number of methoxy groups -OCH3 is 1. The van der Waals surface area contributed by atoms with Crippen LogP contribution in [0.25, 0.3) is 11.1 Å². The number of carbonyl (C=O) groups is 1. The van der Waals surface area contributed by atoms with Crippen LogP contribution in [0.4, 0.5) is 5.69 Å². The van der Waals surface area contributed by atoms with Gasteiger partial charge in [-0.25, -0.2) is 0 Å².